The second-order valence-corrected chi connectivity index (χ2v) is 5.25. The van der Waals surface area contributed by atoms with Gasteiger partial charge in [0.15, 0.2) is 5.41 Å². The van der Waals surface area contributed by atoms with E-state index in [1.165, 1.54) is 30.3 Å². The predicted molar refractivity (Wildman–Crippen MR) is 80.0 cm³/mol. The molecule has 0 bridgehead atoms. The lowest BCUT2D eigenvalue weighted by Crippen LogP contribution is -2.20. The maximum atomic E-state index is 11.0. The first-order chi connectivity index (χ1) is 11.9. The van der Waals surface area contributed by atoms with Crippen LogP contribution in [0.5, 0.6) is 0 Å². The largest absolute Gasteiger partial charge is 0.399 e. The standard InChI is InChI=1S/C16H7N7O2/c17-5-11(6-18)14(22)16(9-21)13(15(16,7-19)8-20)10-2-1-3-12(4-10)23(24)25/h1-4,13H,22H2/t13-,16-/m1/s1. The Hall–Kier alpha value is -4.39. The average molecular weight is 329 g/mol. The zero-order valence-corrected chi connectivity index (χ0v) is 12.5. The number of hydrogen-bond acceptors (Lipinski definition) is 8. The number of allylic oxidation sites excluding steroid dienone is 2. The molecule has 0 saturated heterocycles. The van der Waals surface area contributed by atoms with Crippen molar-refractivity contribution in [1.82, 2.24) is 0 Å². The van der Waals surface area contributed by atoms with Gasteiger partial charge in [0, 0.05) is 18.1 Å². The van der Waals surface area contributed by atoms with E-state index in [1.54, 1.807) is 18.2 Å². The van der Waals surface area contributed by atoms with E-state index in [9.17, 15) is 25.9 Å². The molecular formula is C16H7N7O2. The number of non-ortho nitro benzene ring substituents is 1. The van der Waals surface area contributed by atoms with E-state index in [-0.39, 0.29) is 11.3 Å². The van der Waals surface area contributed by atoms with E-state index in [4.69, 9.17) is 16.3 Å². The van der Waals surface area contributed by atoms with Gasteiger partial charge in [-0.2, -0.15) is 26.3 Å². The van der Waals surface area contributed by atoms with Gasteiger partial charge >= 0.3 is 0 Å². The minimum absolute atomic E-state index is 0.178. The van der Waals surface area contributed by atoms with E-state index < -0.39 is 32.9 Å². The van der Waals surface area contributed by atoms with Crippen molar-refractivity contribution in [2.24, 2.45) is 16.6 Å². The van der Waals surface area contributed by atoms with E-state index in [2.05, 4.69) is 0 Å². The van der Waals surface area contributed by atoms with Crippen LogP contribution in [0.15, 0.2) is 35.5 Å². The molecule has 0 unspecified atom stereocenters. The highest BCUT2D eigenvalue weighted by atomic mass is 16.6. The second-order valence-electron chi connectivity index (χ2n) is 5.25. The van der Waals surface area contributed by atoms with Gasteiger partial charge in [0.2, 0.25) is 0 Å². The van der Waals surface area contributed by atoms with Crippen molar-refractivity contribution in [1.29, 1.82) is 26.3 Å². The summed E-state index contributed by atoms with van der Waals surface area (Å²) in [5.74, 6) is -1.13. The Bertz CT molecular complexity index is 993. The lowest BCUT2D eigenvalue weighted by molar-refractivity contribution is -0.384. The molecule has 0 heterocycles. The first-order valence-corrected chi connectivity index (χ1v) is 6.68. The Morgan fingerprint density at radius 2 is 1.72 bits per heavy atom. The van der Waals surface area contributed by atoms with Gasteiger partial charge in [0.1, 0.15) is 23.1 Å². The molecule has 25 heavy (non-hydrogen) atoms. The molecule has 0 spiro atoms. The van der Waals surface area contributed by atoms with Crippen molar-refractivity contribution >= 4 is 5.69 Å². The molecule has 1 fully saturated rings. The van der Waals surface area contributed by atoms with Crippen LogP contribution in [0, 0.1) is 77.6 Å². The highest BCUT2D eigenvalue weighted by molar-refractivity contribution is 5.63. The van der Waals surface area contributed by atoms with E-state index >= 15 is 0 Å². The Kier molecular flexibility index (Phi) is 3.85. The van der Waals surface area contributed by atoms with Gasteiger partial charge in [0.05, 0.1) is 28.8 Å². The summed E-state index contributed by atoms with van der Waals surface area (Å²) in [4.78, 5) is 10.3. The van der Waals surface area contributed by atoms with E-state index in [0.29, 0.717) is 0 Å². The molecule has 1 aliphatic carbocycles. The van der Waals surface area contributed by atoms with E-state index in [1.807, 2.05) is 0 Å². The van der Waals surface area contributed by atoms with Gasteiger partial charge in [-0.05, 0) is 5.56 Å². The molecule has 0 amide bonds. The third-order valence-corrected chi connectivity index (χ3v) is 4.27. The molecule has 0 aliphatic heterocycles. The highest BCUT2D eigenvalue weighted by Crippen LogP contribution is 2.76. The summed E-state index contributed by atoms with van der Waals surface area (Å²) in [5, 5.41) is 57.6. The monoisotopic (exact) mass is 329 g/mol. The van der Waals surface area contributed by atoms with Crippen molar-refractivity contribution in [3.05, 3.63) is 51.2 Å². The van der Waals surface area contributed by atoms with Crippen LogP contribution in [-0.4, -0.2) is 4.92 Å². The van der Waals surface area contributed by atoms with Crippen LogP contribution in [0.4, 0.5) is 5.69 Å². The van der Waals surface area contributed by atoms with E-state index in [0.717, 1.165) is 6.07 Å². The molecule has 2 atom stereocenters. The maximum absolute atomic E-state index is 11.0. The van der Waals surface area contributed by atoms with Crippen molar-refractivity contribution in [3.8, 4) is 30.3 Å². The molecule has 2 N–H and O–H groups in total. The fraction of sp³-hybridized carbons (Fsp3) is 0.188. The van der Waals surface area contributed by atoms with Crippen molar-refractivity contribution < 1.29 is 4.92 Å². The molecule has 1 aromatic carbocycles. The Labute approximate surface area is 141 Å². The van der Waals surface area contributed by atoms with Crippen LogP contribution in [0.2, 0.25) is 0 Å². The topological polar surface area (TPSA) is 188 Å². The zero-order valence-electron chi connectivity index (χ0n) is 12.5. The summed E-state index contributed by atoms with van der Waals surface area (Å²) >= 11 is 0. The first kappa shape index (κ1) is 17.0. The number of rotatable bonds is 3. The smallest absolute Gasteiger partial charge is 0.269 e. The van der Waals surface area contributed by atoms with Crippen molar-refractivity contribution in [2.45, 2.75) is 5.92 Å². The highest BCUT2D eigenvalue weighted by Gasteiger charge is 2.82. The van der Waals surface area contributed by atoms with Crippen LogP contribution in [0.25, 0.3) is 0 Å². The van der Waals surface area contributed by atoms with Crippen LogP contribution in [0.3, 0.4) is 0 Å². The maximum Gasteiger partial charge on any atom is 0.269 e. The van der Waals surface area contributed by atoms with Gasteiger partial charge in [-0.25, -0.2) is 0 Å². The normalized spacial score (nSPS) is 22.0. The Balaban J connectivity index is 2.79. The van der Waals surface area contributed by atoms with Gasteiger partial charge in [-0.1, -0.05) is 12.1 Å². The first-order valence-electron chi connectivity index (χ1n) is 6.68. The molecule has 1 aliphatic rings. The number of nitro benzene ring substituents is 1. The van der Waals surface area contributed by atoms with Gasteiger partial charge in [-0.15, -0.1) is 0 Å². The number of nitriles is 5. The lowest BCUT2D eigenvalue weighted by atomic mass is 9.90. The SMILES string of the molecule is N#CC(C#N)=C(N)[C@@]1(C#N)[C@H](c2cccc([N+](=O)[O-])c2)C1(C#N)C#N. The molecular weight excluding hydrogens is 322 g/mol. The molecule has 2 rings (SSSR count). The summed E-state index contributed by atoms with van der Waals surface area (Å²) in [6.07, 6.45) is 0. The summed E-state index contributed by atoms with van der Waals surface area (Å²) < 4.78 is 0. The minimum atomic E-state index is -1.96. The number of nitrogens with two attached hydrogens (primary N) is 1. The fourth-order valence-electron chi connectivity index (χ4n) is 3.05. The van der Waals surface area contributed by atoms with Crippen LogP contribution < -0.4 is 5.73 Å². The van der Waals surface area contributed by atoms with Gasteiger partial charge in [0.25, 0.3) is 5.69 Å². The van der Waals surface area contributed by atoms with Gasteiger partial charge in [-0.3, -0.25) is 10.1 Å². The van der Waals surface area contributed by atoms with Crippen molar-refractivity contribution in [2.75, 3.05) is 0 Å². The Morgan fingerprint density at radius 1 is 1.12 bits per heavy atom. The lowest BCUT2D eigenvalue weighted by Gasteiger charge is -2.09. The number of nitro groups is 1. The minimum Gasteiger partial charge on any atom is -0.399 e. The van der Waals surface area contributed by atoms with Crippen molar-refractivity contribution in [3.63, 3.8) is 0 Å². The van der Waals surface area contributed by atoms with Gasteiger partial charge < -0.3 is 5.73 Å². The molecule has 1 saturated carbocycles. The Morgan fingerprint density at radius 3 is 2.16 bits per heavy atom. The number of benzene rings is 1. The molecule has 9 heteroatoms. The summed E-state index contributed by atoms with van der Waals surface area (Å²) in [7, 11) is 0. The molecule has 0 aromatic heterocycles. The molecule has 1 aromatic rings. The summed E-state index contributed by atoms with van der Waals surface area (Å²) in [5.41, 5.74) is 0.746. The summed E-state index contributed by atoms with van der Waals surface area (Å²) in [6, 6.07) is 13.5. The zero-order chi connectivity index (χ0) is 18.8. The third kappa shape index (κ3) is 1.97. The van der Waals surface area contributed by atoms with Crippen LogP contribution in [0.1, 0.15) is 11.5 Å². The summed E-state index contributed by atoms with van der Waals surface area (Å²) in [6.45, 7) is 0. The molecule has 9 nitrogen and oxygen atoms in total. The van der Waals surface area contributed by atoms with Crippen LogP contribution in [-0.2, 0) is 0 Å². The molecule has 118 valence electrons. The second kappa shape index (κ2) is 5.67. The van der Waals surface area contributed by atoms with Crippen LogP contribution >= 0.6 is 0 Å². The fourth-order valence-corrected chi connectivity index (χ4v) is 3.05. The number of hydrogen-bond donors (Lipinski definition) is 1. The predicted octanol–water partition coefficient (Wildman–Crippen LogP) is 1.50. The number of nitrogens with zero attached hydrogens (tertiary/aromatic N) is 6. The average Bonchev–Trinajstić information content (AvgIpc) is 3.26. The third-order valence-electron chi connectivity index (χ3n) is 4.27. The molecule has 0 radical (unpaired) electrons. The quantitative estimate of drug-likeness (QED) is 0.490.